The number of rotatable bonds is 3. The Bertz CT molecular complexity index is 307. The highest BCUT2D eigenvalue weighted by atomic mass is 32.1. The van der Waals surface area contributed by atoms with Gasteiger partial charge in [0.25, 0.3) is 0 Å². The number of β-amino-alcohol motifs (C(OH)–C–C–N with tert-alkyl or cyclic N) is 1. The number of hydrogen-bond acceptors (Lipinski definition) is 4. The Morgan fingerprint density at radius 2 is 2.20 bits per heavy atom. The van der Waals surface area contributed by atoms with Crippen molar-refractivity contribution in [3.63, 3.8) is 0 Å². The van der Waals surface area contributed by atoms with Crippen molar-refractivity contribution >= 4 is 11.3 Å². The molecule has 0 saturated carbocycles. The van der Waals surface area contributed by atoms with E-state index in [1.165, 1.54) is 4.88 Å². The third-order valence-electron chi connectivity index (χ3n) is 2.73. The van der Waals surface area contributed by atoms with Crippen molar-refractivity contribution in [2.45, 2.75) is 13.0 Å². The minimum absolute atomic E-state index is 0.318. The van der Waals surface area contributed by atoms with Crippen LogP contribution in [0.3, 0.4) is 0 Å². The summed E-state index contributed by atoms with van der Waals surface area (Å²) in [5.41, 5.74) is 0. The van der Waals surface area contributed by atoms with Crippen LogP contribution in [0.15, 0.2) is 12.1 Å². The third-order valence-corrected chi connectivity index (χ3v) is 3.83. The van der Waals surface area contributed by atoms with Crippen LogP contribution in [0, 0.1) is 6.92 Å². The van der Waals surface area contributed by atoms with Crippen molar-refractivity contribution in [1.29, 1.82) is 0 Å². The van der Waals surface area contributed by atoms with Crippen molar-refractivity contribution in [1.82, 2.24) is 10.2 Å². The molecule has 1 unspecified atom stereocenters. The number of hydrogen-bond donors (Lipinski definition) is 2. The topological polar surface area (TPSA) is 35.5 Å². The van der Waals surface area contributed by atoms with E-state index in [4.69, 9.17) is 0 Å². The summed E-state index contributed by atoms with van der Waals surface area (Å²) in [5, 5.41) is 13.3. The van der Waals surface area contributed by atoms with Gasteiger partial charge in [-0.15, -0.1) is 11.3 Å². The Balaban J connectivity index is 1.88. The summed E-state index contributed by atoms with van der Waals surface area (Å²) in [4.78, 5) is 4.67. The molecule has 4 heteroatoms. The minimum atomic E-state index is -0.318. The van der Waals surface area contributed by atoms with Crippen LogP contribution in [0.1, 0.15) is 15.9 Å². The standard InChI is InChI=1S/C11H18N2OS/c1-9-2-3-11(15-9)10(14)8-13-6-4-12-5-7-13/h2-3,10,12,14H,4-8H2,1H3. The molecule has 0 amide bonds. The maximum absolute atomic E-state index is 10.0. The lowest BCUT2D eigenvalue weighted by Gasteiger charge is -2.28. The van der Waals surface area contributed by atoms with Crippen molar-refractivity contribution < 1.29 is 5.11 Å². The molecule has 0 aromatic carbocycles. The van der Waals surface area contributed by atoms with Crippen molar-refractivity contribution in [2.24, 2.45) is 0 Å². The zero-order valence-electron chi connectivity index (χ0n) is 9.07. The molecule has 0 spiro atoms. The van der Waals surface area contributed by atoms with Crippen molar-refractivity contribution in [3.05, 3.63) is 21.9 Å². The van der Waals surface area contributed by atoms with Crippen LogP contribution in [-0.2, 0) is 0 Å². The van der Waals surface area contributed by atoms with Gasteiger partial charge in [0, 0.05) is 42.5 Å². The van der Waals surface area contributed by atoms with Crippen molar-refractivity contribution in [2.75, 3.05) is 32.7 Å². The number of aliphatic hydroxyl groups excluding tert-OH is 1. The summed E-state index contributed by atoms with van der Waals surface area (Å²) >= 11 is 1.69. The van der Waals surface area contributed by atoms with E-state index in [9.17, 15) is 5.11 Å². The molecule has 0 radical (unpaired) electrons. The van der Waals surface area contributed by atoms with E-state index in [1.54, 1.807) is 11.3 Å². The van der Waals surface area contributed by atoms with E-state index in [1.807, 2.05) is 6.07 Å². The van der Waals surface area contributed by atoms with Crippen LogP contribution in [0.5, 0.6) is 0 Å². The zero-order valence-corrected chi connectivity index (χ0v) is 9.89. The van der Waals surface area contributed by atoms with Crippen molar-refractivity contribution in [3.8, 4) is 0 Å². The summed E-state index contributed by atoms with van der Waals surface area (Å²) < 4.78 is 0. The van der Waals surface area contributed by atoms with Gasteiger partial charge in [0.15, 0.2) is 0 Å². The average Bonchev–Trinajstić information content (AvgIpc) is 2.66. The Morgan fingerprint density at radius 3 is 2.80 bits per heavy atom. The lowest BCUT2D eigenvalue weighted by molar-refractivity contribution is 0.108. The molecule has 1 fully saturated rings. The van der Waals surface area contributed by atoms with Gasteiger partial charge in [0.2, 0.25) is 0 Å². The smallest absolute Gasteiger partial charge is 0.101 e. The maximum atomic E-state index is 10.0. The van der Waals surface area contributed by atoms with Crippen LogP contribution in [0.25, 0.3) is 0 Å². The number of aryl methyl sites for hydroxylation is 1. The van der Waals surface area contributed by atoms with Gasteiger partial charge in [0.1, 0.15) is 6.10 Å². The van der Waals surface area contributed by atoms with Gasteiger partial charge in [-0.1, -0.05) is 0 Å². The molecule has 1 atom stereocenters. The molecule has 0 bridgehead atoms. The molecular weight excluding hydrogens is 208 g/mol. The summed E-state index contributed by atoms with van der Waals surface area (Å²) in [6, 6.07) is 4.11. The fraction of sp³-hybridized carbons (Fsp3) is 0.636. The van der Waals surface area contributed by atoms with E-state index in [2.05, 4.69) is 23.2 Å². The second-order valence-electron chi connectivity index (χ2n) is 4.01. The van der Waals surface area contributed by atoms with Crippen LogP contribution < -0.4 is 5.32 Å². The minimum Gasteiger partial charge on any atom is -0.386 e. The highest BCUT2D eigenvalue weighted by molar-refractivity contribution is 7.12. The lowest BCUT2D eigenvalue weighted by atomic mass is 10.2. The van der Waals surface area contributed by atoms with Crippen LogP contribution in [0.4, 0.5) is 0 Å². The van der Waals surface area contributed by atoms with Crippen LogP contribution in [-0.4, -0.2) is 42.7 Å². The molecule has 1 aromatic rings. The van der Waals surface area contributed by atoms with Gasteiger partial charge in [0.05, 0.1) is 0 Å². The molecule has 1 aliphatic heterocycles. The molecule has 2 N–H and O–H groups in total. The van der Waals surface area contributed by atoms with E-state index in [0.29, 0.717) is 0 Å². The quantitative estimate of drug-likeness (QED) is 0.807. The molecule has 3 nitrogen and oxygen atoms in total. The van der Waals surface area contributed by atoms with Gasteiger partial charge in [-0.3, -0.25) is 4.90 Å². The first-order chi connectivity index (χ1) is 7.25. The summed E-state index contributed by atoms with van der Waals surface area (Å²) in [6.07, 6.45) is -0.318. The number of thiophene rings is 1. The lowest BCUT2D eigenvalue weighted by Crippen LogP contribution is -2.44. The predicted octanol–water partition coefficient (Wildman–Crippen LogP) is 0.995. The average molecular weight is 226 g/mol. The second kappa shape index (κ2) is 5.07. The molecular formula is C11H18N2OS. The molecule has 15 heavy (non-hydrogen) atoms. The first kappa shape index (κ1) is 11.1. The zero-order chi connectivity index (χ0) is 10.7. The summed E-state index contributed by atoms with van der Waals surface area (Å²) in [5.74, 6) is 0. The fourth-order valence-electron chi connectivity index (χ4n) is 1.86. The molecule has 2 heterocycles. The molecule has 2 rings (SSSR count). The van der Waals surface area contributed by atoms with Crippen LogP contribution in [0.2, 0.25) is 0 Å². The Morgan fingerprint density at radius 1 is 1.47 bits per heavy atom. The number of aliphatic hydroxyl groups is 1. The SMILES string of the molecule is Cc1ccc(C(O)CN2CCNCC2)s1. The Labute approximate surface area is 94.7 Å². The van der Waals surface area contributed by atoms with E-state index >= 15 is 0 Å². The van der Waals surface area contributed by atoms with Crippen LogP contribution >= 0.6 is 11.3 Å². The van der Waals surface area contributed by atoms with Gasteiger partial charge < -0.3 is 10.4 Å². The first-order valence-electron chi connectivity index (χ1n) is 5.43. The Hall–Kier alpha value is -0.420. The summed E-state index contributed by atoms with van der Waals surface area (Å²) in [7, 11) is 0. The third kappa shape index (κ3) is 3.01. The highest BCUT2D eigenvalue weighted by Gasteiger charge is 2.16. The molecule has 1 aromatic heterocycles. The normalized spacial score (nSPS) is 20.4. The van der Waals surface area contributed by atoms with E-state index in [-0.39, 0.29) is 6.10 Å². The molecule has 0 aliphatic carbocycles. The Kier molecular flexibility index (Phi) is 3.75. The van der Waals surface area contributed by atoms with Gasteiger partial charge >= 0.3 is 0 Å². The predicted molar refractivity (Wildman–Crippen MR) is 63.3 cm³/mol. The number of nitrogens with zero attached hydrogens (tertiary/aromatic N) is 1. The van der Waals surface area contributed by atoms with Gasteiger partial charge in [-0.2, -0.15) is 0 Å². The number of nitrogens with one attached hydrogen (secondary N) is 1. The largest absolute Gasteiger partial charge is 0.386 e. The van der Waals surface area contributed by atoms with E-state index in [0.717, 1.165) is 37.6 Å². The molecule has 1 aliphatic rings. The highest BCUT2D eigenvalue weighted by Crippen LogP contribution is 2.23. The maximum Gasteiger partial charge on any atom is 0.101 e. The molecule has 1 saturated heterocycles. The van der Waals surface area contributed by atoms with E-state index < -0.39 is 0 Å². The van der Waals surface area contributed by atoms with Gasteiger partial charge in [-0.05, 0) is 19.1 Å². The first-order valence-corrected chi connectivity index (χ1v) is 6.25. The fourth-order valence-corrected chi connectivity index (χ4v) is 2.72. The molecule has 84 valence electrons. The van der Waals surface area contributed by atoms with Gasteiger partial charge in [-0.25, -0.2) is 0 Å². The second-order valence-corrected chi connectivity index (χ2v) is 5.33. The summed E-state index contributed by atoms with van der Waals surface area (Å²) in [6.45, 7) is 7.00. The monoisotopic (exact) mass is 226 g/mol. The number of piperazine rings is 1.